The van der Waals surface area contributed by atoms with Gasteiger partial charge in [0.15, 0.2) is 0 Å². The van der Waals surface area contributed by atoms with E-state index in [0.29, 0.717) is 30.1 Å². The number of non-ortho nitro benzene ring substituents is 1. The van der Waals surface area contributed by atoms with Crippen LogP contribution in [0.2, 0.25) is 0 Å². The van der Waals surface area contributed by atoms with Crippen LogP contribution in [0.5, 0.6) is 0 Å². The number of nitro groups is 1. The van der Waals surface area contributed by atoms with Crippen LogP contribution in [-0.2, 0) is 10.0 Å². The maximum atomic E-state index is 13.2. The molecular weight excluding hydrogens is 514 g/mol. The normalized spacial score (nSPS) is 12.4. The molecule has 1 N–H and O–H groups in total. The first-order valence-corrected chi connectivity index (χ1v) is 12.1. The fraction of sp³-hybridized carbons (Fsp3) is 0.300. The highest BCUT2D eigenvalue weighted by Crippen LogP contribution is 2.29. The minimum absolute atomic E-state index is 0.225. The molecule has 0 amide bonds. The zero-order valence-electron chi connectivity index (χ0n) is 18.6. The van der Waals surface area contributed by atoms with Gasteiger partial charge in [0.2, 0.25) is 0 Å². The summed E-state index contributed by atoms with van der Waals surface area (Å²) in [7, 11) is 1.32. The van der Waals surface area contributed by atoms with Crippen LogP contribution in [0, 0.1) is 10.1 Å². The van der Waals surface area contributed by atoms with E-state index in [9.17, 15) is 18.5 Å². The van der Waals surface area contributed by atoms with Crippen LogP contribution >= 0.6 is 15.9 Å². The number of hydrogen-bond acceptors (Lipinski definition) is 8. The Hall–Kier alpha value is -3.03. The Morgan fingerprint density at radius 3 is 2.64 bits per heavy atom. The number of sulfonamides is 1. The molecule has 2 aromatic heterocycles. The van der Waals surface area contributed by atoms with E-state index in [1.54, 1.807) is 35.8 Å². The van der Waals surface area contributed by atoms with Crippen molar-refractivity contribution in [2.24, 2.45) is 5.10 Å². The minimum atomic E-state index is -4.21. The van der Waals surface area contributed by atoms with Gasteiger partial charge >= 0.3 is 0 Å². The number of benzene rings is 1. The second-order valence-corrected chi connectivity index (χ2v) is 10.2. The summed E-state index contributed by atoms with van der Waals surface area (Å²) in [5.41, 5.74) is 1.78. The minimum Gasteiger partial charge on any atom is -0.372 e. The van der Waals surface area contributed by atoms with Gasteiger partial charge in [0.1, 0.15) is 4.90 Å². The van der Waals surface area contributed by atoms with Gasteiger partial charge in [-0.15, -0.1) is 0 Å². The molecule has 0 unspecified atom stereocenters. The van der Waals surface area contributed by atoms with Crippen molar-refractivity contribution in [1.29, 1.82) is 0 Å². The summed E-state index contributed by atoms with van der Waals surface area (Å²) in [5.74, 6) is 0. The molecule has 0 spiro atoms. The van der Waals surface area contributed by atoms with Crippen LogP contribution in [0.3, 0.4) is 0 Å². The molecule has 0 fully saturated rings. The number of likely N-dealkylation sites (N-methyl/N-ethyl adjacent to an activating group) is 2. The molecule has 0 aliphatic heterocycles. The Kier molecular flexibility index (Phi) is 7.34. The van der Waals surface area contributed by atoms with Crippen molar-refractivity contribution >= 4 is 48.6 Å². The lowest BCUT2D eigenvalue weighted by atomic mass is 10.2. The molecule has 1 aromatic carbocycles. The third-order valence-electron chi connectivity index (χ3n) is 4.94. The average Bonchev–Trinajstić information content (AvgIpc) is 3.18. The van der Waals surface area contributed by atoms with Crippen LogP contribution < -0.4 is 9.73 Å². The van der Waals surface area contributed by atoms with Gasteiger partial charge in [-0.1, -0.05) is 15.9 Å². The maximum absolute atomic E-state index is 13.2. The van der Waals surface area contributed by atoms with Crippen molar-refractivity contribution < 1.29 is 13.3 Å². The number of nitrogens with one attached hydrogen (secondary N) is 1. The number of rotatable bonds is 9. The summed E-state index contributed by atoms with van der Waals surface area (Å²) in [6, 6.07) is 7.43. The molecule has 0 aliphatic carbocycles. The second-order valence-electron chi connectivity index (χ2n) is 7.66. The van der Waals surface area contributed by atoms with Crippen LogP contribution in [0.1, 0.15) is 12.5 Å². The molecule has 176 valence electrons. The molecule has 13 heteroatoms. The Labute approximate surface area is 200 Å². The zero-order chi connectivity index (χ0) is 24.3. The van der Waals surface area contributed by atoms with Gasteiger partial charge < -0.3 is 9.80 Å². The van der Waals surface area contributed by atoms with E-state index in [4.69, 9.17) is 0 Å². The third-order valence-corrected chi connectivity index (χ3v) is 6.68. The molecule has 0 saturated carbocycles. The van der Waals surface area contributed by atoms with Crippen LogP contribution in [0.25, 0.3) is 5.52 Å². The van der Waals surface area contributed by atoms with E-state index in [1.807, 2.05) is 31.1 Å². The first kappa shape index (κ1) is 24.6. The summed E-state index contributed by atoms with van der Waals surface area (Å²) < 4.78 is 28.8. The Morgan fingerprint density at radius 1 is 1.24 bits per heavy atom. The van der Waals surface area contributed by atoms with Crippen molar-refractivity contribution in [1.82, 2.24) is 19.3 Å². The molecule has 0 bridgehead atoms. The maximum Gasteiger partial charge on any atom is 0.278 e. The predicted molar refractivity (Wildman–Crippen MR) is 130 cm³/mol. The van der Waals surface area contributed by atoms with Gasteiger partial charge in [0.05, 0.1) is 28.0 Å². The standard InChI is InChI=1S/C20H24BrN7O4S/c1-14(17-13-22-27-8-7-15(21)11-19(17)27)23-24-33(31,32)20-12-16(28(29)30)5-6-18(20)26(4)10-9-25(2)3/h5-8,11-13,24H,9-10H2,1-4H3. The molecule has 0 radical (unpaired) electrons. The summed E-state index contributed by atoms with van der Waals surface area (Å²) in [6.45, 7) is 2.84. The largest absolute Gasteiger partial charge is 0.372 e. The number of fused-ring (bicyclic) bond motifs is 1. The lowest BCUT2D eigenvalue weighted by Gasteiger charge is -2.23. The summed E-state index contributed by atoms with van der Waals surface area (Å²) in [6.07, 6.45) is 3.35. The van der Waals surface area contributed by atoms with Crippen molar-refractivity contribution in [2.75, 3.05) is 39.1 Å². The molecule has 0 atom stereocenters. The van der Waals surface area contributed by atoms with Crippen molar-refractivity contribution in [2.45, 2.75) is 11.8 Å². The van der Waals surface area contributed by atoms with E-state index in [-0.39, 0.29) is 10.6 Å². The van der Waals surface area contributed by atoms with Crippen molar-refractivity contribution in [3.05, 3.63) is 62.9 Å². The Morgan fingerprint density at radius 2 is 1.97 bits per heavy atom. The van der Waals surface area contributed by atoms with E-state index in [1.165, 1.54) is 12.1 Å². The van der Waals surface area contributed by atoms with Crippen molar-refractivity contribution in [3.8, 4) is 0 Å². The number of hydrazone groups is 1. The van der Waals surface area contributed by atoms with E-state index in [2.05, 4.69) is 31.0 Å². The molecule has 0 saturated heterocycles. The lowest BCUT2D eigenvalue weighted by Crippen LogP contribution is -2.30. The zero-order valence-corrected chi connectivity index (χ0v) is 21.0. The highest BCUT2D eigenvalue weighted by atomic mass is 79.9. The predicted octanol–water partition coefficient (Wildman–Crippen LogP) is 2.71. The van der Waals surface area contributed by atoms with Gasteiger partial charge in [-0.25, -0.2) is 4.52 Å². The van der Waals surface area contributed by atoms with E-state index >= 15 is 0 Å². The lowest BCUT2D eigenvalue weighted by molar-refractivity contribution is -0.385. The van der Waals surface area contributed by atoms with E-state index < -0.39 is 14.9 Å². The summed E-state index contributed by atoms with van der Waals surface area (Å²) in [4.78, 5) is 16.3. The molecule has 3 aromatic rings. The molecule has 33 heavy (non-hydrogen) atoms. The van der Waals surface area contributed by atoms with Gasteiger partial charge in [0, 0.05) is 48.5 Å². The number of hydrogen-bond donors (Lipinski definition) is 1. The Balaban J connectivity index is 1.97. The van der Waals surface area contributed by atoms with Gasteiger partial charge in [-0.05, 0) is 39.2 Å². The number of anilines is 1. The van der Waals surface area contributed by atoms with Crippen molar-refractivity contribution in [3.63, 3.8) is 0 Å². The first-order valence-electron chi connectivity index (χ1n) is 9.83. The van der Waals surface area contributed by atoms with Crippen LogP contribution in [0.4, 0.5) is 11.4 Å². The highest BCUT2D eigenvalue weighted by molar-refractivity contribution is 9.10. The van der Waals surface area contributed by atoms with Gasteiger partial charge in [-0.2, -0.15) is 23.4 Å². The summed E-state index contributed by atoms with van der Waals surface area (Å²) in [5, 5.41) is 19.6. The SMILES string of the molecule is CC(=NNS(=O)(=O)c1cc([N+](=O)[O-])ccc1N(C)CCN(C)C)c1cnn2ccc(Br)cc12. The first-order chi connectivity index (χ1) is 15.5. The van der Waals surface area contributed by atoms with Crippen LogP contribution in [-0.4, -0.2) is 67.8 Å². The van der Waals surface area contributed by atoms with Gasteiger partial charge in [0.25, 0.3) is 15.7 Å². The average molecular weight is 538 g/mol. The fourth-order valence-corrected chi connectivity index (χ4v) is 4.55. The highest BCUT2D eigenvalue weighted by Gasteiger charge is 2.24. The number of aromatic nitrogens is 2. The molecule has 3 rings (SSSR count). The second kappa shape index (κ2) is 9.85. The fourth-order valence-electron chi connectivity index (χ4n) is 3.09. The number of pyridine rings is 1. The van der Waals surface area contributed by atoms with E-state index in [0.717, 1.165) is 16.1 Å². The van der Waals surface area contributed by atoms with Gasteiger partial charge in [-0.3, -0.25) is 10.1 Å². The van der Waals surface area contributed by atoms with Crippen LogP contribution in [0.15, 0.2) is 57.2 Å². The topological polar surface area (TPSA) is 125 Å². The smallest absolute Gasteiger partial charge is 0.278 e. The molecule has 11 nitrogen and oxygen atoms in total. The molecular formula is C20H24BrN7O4S. The number of nitro benzene ring substituents is 1. The monoisotopic (exact) mass is 537 g/mol. The number of nitrogens with zero attached hydrogens (tertiary/aromatic N) is 6. The quantitative estimate of drug-likeness (QED) is 0.252. The molecule has 0 aliphatic rings. The Bertz CT molecular complexity index is 1320. The summed E-state index contributed by atoms with van der Waals surface area (Å²) >= 11 is 3.41. The number of halogens is 1. The molecule has 2 heterocycles. The third kappa shape index (κ3) is 5.67.